The molecule has 0 aliphatic heterocycles. The first-order chi connectivity index (χ1) is 9.08. The van der Waals surface area contributed by atoms with Crippen LogP contribution in [0.15, 0.2) is 33.3 Å². The van der Waals surface area contributed by atoms with Gasteiger partial charge in [-0.2, -0.15) is 5.10 Å². The SMILES string of the molecule is CCn1ncc(Br)c1C(NN)c1ccc(Cl)c(Br)c1. The molecule has 1 heterocycles. The van der Waals surface area contributed by atoms with Crippen LogP contribution in [0.2, 0.25) is 5.02 Å². The van der Waals surface area contributed by atoms with E-state index < -0.39 is 0 Å². The van der Waals surface area contributed by atoms with Gasteiger partial charge in [0.05, 0.1) is 27.4 Å². The second kappa shape index (κ2) is 6.37. The molecule has 0 aliphatic rings. The lowest BCUT2D eigenvalue weighted by Gasteiger charge is -2.19. The molecule has 0 spiro atoms. The molecule has 0 fully saturated rings. The van der Waals surface area contributed by atoms with Crippen molar-refractivity contribution in [3.8, 4) is 0 Å². The number of hydrazine groups is 1. The predicted molar refractivity (Wildman–Crippen MR) is 83.9 cm³/mol. The molecular weight excluding hydrogens is 395 g/mol. The molecule has 7 heteroatoms. The summed E-state index contributed by atoms with van der Waals surface area (Å²) in [5, 5.41) is 4.97. The Balaban J connectivity index is 2.49. The Kier molecular flexibility index (Phi) is 5.03. The summed E-state index contributed by atoms with van der Waals surface area (Å²) in [6.45, 7) is 2.81. The molecule has 0 amide bonds. The third kappa shape index (κ3) is 3.03. The normalized spacial score (nSPS) is 12.7. The van der Waals surface area contributed by atoms with Gasteiger partial charge < -0.3 is 0 Å². The van der Waals surface area contributed by atoms with Gasteiger partial charge >= 0.3 is 0 Å². The largest absolute Gasteiger partial charge is 0.271 e. The van der Waals surface area contributed by atoms with Gasteiger partial charge in [0.1, 0.15) is 0 Å². The molecule has 3 N–H and O–H groups in total. The zero-order chi connectivity index (χ0) is 14.0. The molecule has 1 unspecified atom stereocenters. The molecular formula is C12H13Br2ClN4. The average Bonchev–Trinajstić information content (AvgIpc) is 2.76. The van der Waals surface area contributed by atoms with Crippen LogP contribution in [-0.2, 0) is 6.54 Å². The van der Waals surface area contributed by atoms with Crippen LogP contribution in [0.1, 0.15) is 24.2 Å². The highest BCUT2D eigenvalue weighted by Gasteiger charge is 2.21. The standard InChI is InChI=1S/C12H13Br2ClN4/c1-2-19-12(9(14)6-17-19)11(18-16)7-3-4-10(15)8(13)5-7/h3-6,11,18H,2,16H2,1H3. The number of aryl methyl sites for hydroxylation is 1. The number of nitrogens with two attached hydrogens (primary N) is 1. The molecule has 1 atom stereocenters. The predicted octanol–water partition coefficient (Wildman–Crippen LogP) is 3.63. The van der Waals surface area contributed by atoms with Crippen LogP contribution in [-0.4, -0.2) is 9.78 Å². The first-order valence-electron chi connectivity index (χ1n) is 5.70. The van der Waals surface area contributed by atoms with Crippen LogP contribution in [0.5, 0.6) is 0 Å². The number of rotatable bonds is 4. The van der Waals surface area contributed by atoms with Crippen molar-refractivity contribution < 1.29 is 0 Å². The number of benzene rings is 1. The lowest BCUT2D eigenvalue weighted by molar-refractivity contribution is 0.542. The van der Waals surface area contributed by atoms with E-state index in [0.717, 1.165) is 26.7 Å². The minimum atomic E-state index is -0.162. The van der Waals surface area contributed by atoms with Gasteiger partial charge in [-0.15, -0.1) is 0 Å². The van der Waals surface area contributed by atoms with Gasteiger partial charge in [0.2, 0.25) is 0 Å². The van der Waals surface area contributed by atoms with Crippen molar-refractivity contribution in [3.05, 3.63) is 49.6 Å². The van der Waals surface area contributed by atoms with E-state index in [1.54, 1.807) is 6.20 Å². The molecule has 4 nitrogen and oxygen atoms in total. The molecule has 0 radical (unpaired) electrons. The molecule has 19 heavy (non-hydrogen) atoms. The van der Waals surface area contributed by atoms with Crippen molar-refractivity contribution in [3.63, 3.8) is 0 Å². The maximum Gasteiger partial charge on any atom is 0.0890 e. The number of halogens is 3. The lowest BCUT2D eigenvalue weighted by Crippen LogP contribution is -2.31. The molecule has 0 bridgehead atoms. The third-order valence-electron chi connectivity index (χ3n) is 2.85. The van der Waals surface area contributed by atoms with Crippen molar-refractivity contribution in [1.82, 2.24) is 15.2 Å². The lowest BCUT2D eigenvalue weighted by atomic mass is 10.0. The van der Waals surface area contributed by atoms with E-state index in [4.69, 9.17) is 17.4 Å². The topological polar surface area (TPSA) is 55.9 Å². The van der Waals surface area contributed by atoms with Crippen LogP contribution in [0.3, 0.4) is 0 Å². The van der Waals surface area contributed by atoms with Crippen LogP contribution in [0, 0.1) is 0 Å². The Morgan fingerprint density at radius 2 is 2.16 bits per heavy atom. The summed E-state index contributed by atoms with van der Waals surface area (Å²) in [5.41, 5.74) is 4.82. The van der Waals surface area contributed by atoms with Crippen molar-refractivity contribution in [2.24, 2.45) is 5.84 Å². The van der Waals surface area contributed by atoms with E-state index in [1.165, 1.54) is 0 Å². The number of hydrogen-bond acceptors (Lipinski definition) is 3. The van der Waals surface area contributed by atoms with Crippen molar-refractivity contribution in [2.45, 2.75) is 19.5 Å². The molecule has 0 saturated heterocycles. The number of hydrogen-bond donors (Lipinski definition) is 2. The Labute approximate surface area is 133 Å². The van der Waals surface area contributed by atoms with Gasteiger partial charge in [-0.1, -0.05) is 17.7 Å². The first-order valence-corrected chi connectivity index (χ1v) is 7.67. The molecule has 0 aliphatic carbocycles. The molecule has 2 aromatic rings. The number of nitrogens with one attached hydrogen (secondary N) is 1. The van der Waals surface area contributed by atoms with E-state index >= 15 is 0 Å². The maximum atomic E-state index is 6.02. The van der Waals surface area contributed by atoms with Crippen LogP contribution < -0.4 is 11.3 Å². The second-order valence-corrected chi connectivity index (χ2v) is 6.08. The Bertz CT molecular complexity index is 585. The van der Waals surface area contributed by atoms with E-state index in [1.807, 2.05) is 29.8 Å². The molecule has 102 valence electrons. The minimum Gasteiger partial charge on any atom is -0.271 e. The highest BCUT2D eigenvalue weighted by atomic mass is 79.9. The zero-order valence-electron chi connectivity index (χ0n) is 10.2. The monoisotopic (exact) mass is 406 g/mol. The summed E-state index contributed by atoms with van der Waals surface area (Å²) in [6.07, 6.45) is 1.77. The fourth-order valence-electron chi connectivity index (χ4n) is 1.94. The van der Waals surface area contributed by atoms with Gasteiger partial charge in [-0.3, -0.25) is 10.5 Å². The Hall–Kier alpha value is -0.400. The van der Waals surface area contributed by atoms with Crippen LogP contribution in [0.4, 0.5) is 0 Å². The number of aromatic nitrogens is 2. The summed E-state index contributed by atoms with van der Waals surface area (Å²) >= 11 is 13.0. The maximum absolute atomic E-state index is 6.02. The van der Waals surface area contributed by atoms with Crippen molar-refractivity contribution >= 4 is 43.5 Å². The fourth-order valence-corrected chi connectivity index (χ4v) is 2.98. The quantitative estimate of drug-likeness (QED) is 0.600. The molecule has 0 saturated carbocycles. The smallest absolute Gasteiger partial charge is 0.0890 e. The van der Waals surface area contributed by atoms with Crippen LogP contribution >= 0.6 is 43.5 Å². The van der Waals surface area contributed by atoms with E-state index in [9.17, 15) is 0 Å². The van der Waals surface area contributed by atoms with Gasteiger partial charge in [-0.25, -0.2) is 5.43 Å². The summed E-state index contributed by atoms with van der Waals surface area (Å²) in [6, 6.07) is 5.57. The van der Waals surface area contributed by atoms with E-state index in [-0.39, 0.29) is 6.04 Å². The Morgan fingerprint density at radius 3 is 2.74 bits per heavy atom. The summed E-state index contributed by atoms with van der Waals surface area (Å²) in [7, 11) is 0. The molecule has 1 aromatic carbocycles. The van der Waals surface area contributed by atoms with Crippen molar-refractivity contribution in [2.75, 3.05) is 0 Å². The molecule has 1 aromatic heterocycles. The summed E-state index contributed by atoms with van der Waals surface area (Å²) in [4.78, 5) is 0. The van der Waals surface area contributed by atoms with Gasteiger partial charge in [0.25, 0.3) is 0 Å². The highest BCUT2D eigenvalue weighted by Crippen LogP contribution is 2.31. The molecule has 2 rings (SSSR count). The first kappa shape index (κ1) is 15.0. The van der Waals surface area contributed by atoms with Gasteiger partial charge in [0, 0.05) is 11.0 Å². The highest BCUT2D eigenvalue weighted by molar-refractivity contribution is 9.10. The van der Waals surface area contributed by atoms with Crippen LogP contribution in [0.25, 0.3) is 0 Å². The fraction of sp³-hybridized carbons (Fsp3) is 0.250. The zero-order valence-corrected chi connectivity index (χ0v) is 14.1. The van der Waals surface area contributed by atoms with E-state index in [2.05, 4.69) is 42.4 Å². The van der Waals surface area contributed by atoms with Crippen molar-refractivity contribution in [1.29, 1.82) is 0 Å². The van der Waals surface area contributed by atoms with E-state index in [0.29, 0.717) is 5.02 Å². The third-order valence-corrected chi connectivity index (χ3v) is 4.67. The Morgan fingerprint density at radius 1 is 1.42 bits per heavy atom. The summed E-state index contributed by atoms with van der Waals surface area (Å²) < 4.78 is 3.66. The second-order valence-electron chi connectivity index (χ2n) is 3.97. The minimum absolute atomic E-state index is 0.162. The number of nitrogens with zero attached hydrogens (tertiary/aromatic N) is 2. The van der Waals surface area contributed by atoms with Gasteiger partial charge in [0.15, 0.2) is 0 Å². The average molecular weight is 409 g/mol. The van der Waals surface area contributed by atoms with Gasteiger partial charge in [-0.05, 0) is 56.5 Å². The summed E-state index contributed by atoms with van der Waals surface area (Å²) in [5.74, 6) is 5.72.